The highest BCUT2D eigenvalue weighted by molar-refractivity contribution is 5.97. The number of hydrogen-bond acceptors (Lipinski definition) is 7. The molecule has 0 aromatic heterocycles. The summed E-state index contributed by atoms with van der Waals surface area (Å²) in [6.45, 7) is 9.15. The lowest BCUT2D eigenvalue weighted by Gasteiger charge is -2.19. The van der Waals surface area contributed by atoms with Gasteiger partial charge in [0.15, 0.2) is 18.4 Å². The largest absolute Gasteiger partial charge is 0.467 e. The van der Waals surface area contributed by atoms with Gasteiger partial charge in [0, 0.05) is 13.5 Å². The molecule has 0 N–H and O–H groups in total. The zero-order valence-corrected chi connectivity index (χ0v) is 19.6. The highest BCUT2D eigenvalue weighted by atomic mass is 16.8. The molecule has 7 nitrogen and oxygen atoms in total. The van der Waals surface area contributed by atoms with Gasteiger partial charge in [-0.05, 0) is 63.8 Å². The van der Waals surface area contributed by atoms with E-state index in [9.17, 15) is 9.59 Å². The summed E-state index contributed by atoms with van der Waals surface area (Å²) in [5.41, 5.74) is 2.69. The van der Waals surface area contributed by atoms with Gasteiger partial charge in [0.05, 0.1) is 6.10 Å². The lowest BCUT2D eigenvalue weighted by Crippen LogP contribution is -2.31. The molecule has 2 heterocycles. The van der Waals surface area contributed by atoms with E-state index in [1.165, 1.54) is 7.11 Å². The summed E-state index contributed by atoms with van der Waals surface area (Å²) in [5, 5.41) is 0. The van der Waals surface area contributed by atoms with Crippen molar-refractivity contribution < 1.29 is 33.3 Å². The molecule has 2 aliphatic heterocycles. The fraction of sp³-hybridized carbons (Fsp3) is 0.520. The minimum atomic E-state index is -0.840. The van der Waals surface area contributed by atoms with Gasteiger partial charge in [-0.25, -0.2) is 4.79 Å². The second-order valence-electron chi connectivity index (χ2n) is 8.68. The Bertz CT molecular complexity index is 928. The van der Waals surface area contributed by atoms with Gasteiger partial charge >= 0.3 is 5.97 Å². The maximum Gasteiger partial charge on any atom is 0.343 e. The molecule has 0 radical (unpaired) electrons. The van der Waals surface area contributed by atoms with Crippen LogP contribution in [0.3, 0.4) is 0 Å². The number of benzene rings is 1. The lowest BCUT2D eigenvalue weighted by atomic mass is 9.99. The number of ether oxygens (including phenoxy) is 5. The molecule has 0 aliphatic carbocycles. The first-order valence-electron chi connectivity index (χ1n) is 10.8. The number of fused-ring (bicyclic) bond motifs is 2. The van der Waals surface area contributed by atoms with Crippen molar-refractivity contribution in [2.24, 2.45) is 0 Å². The average molecular weight is 445 g/mol. The van der Waals surface area contributed by atoms with Crippen molar-refractivity contribution >= 4 is 17.8 Å². The van der Waals surface area contributed by atoms with Gasteiger partial charge in [-0.15, -0.1) is 0 Å². The second-order valence-corrected chi connectivity index (χ2v) is 8.68. The highest BCUT2D eigenvalue weighted by Gasteiger charge is 2.43. The molecule has 3 rings (SSSR count). The number of ketones is 1. The van der Waals surface area contributed by atoms with E-state index < -0.39 is 30.1 Å². The van der Waals surface area contributed by atoms with Crippen molar-refractivity contribution in [2.75, 3.05) is 13.9 Å². The number of methoxy groups -OCH3 is 1. The van der Waals surface area contributed by atoms with Crippen LogP contribution in [-0.2, 0) is 23.7 Å². The number of esters is 1. The summed E-state index contributed by atoms with van der Waals surface area (Å²) < 4.78 is 28.3. The minimum Gasteiger partial charge on any atom is -0.467 e. The Morgan fingerprint density at radius 2 is 1.91 bits per heavy atom. The molecular weight excluding hydrogens is 412 g/mol. The van der Waals surface area contributed by atoms with Gasteiger partial charge in [-0.3, -0.25) is 4.79 Å². The van der Waals surface area contributed by atoms with Crippen LogP contribution in [0.4, 0.5) is 0 Å². The normalized spacial score (nSPS) is 25.9. The van der Waals surface area contributed by atoms with Gasteiger partial charge in [-0.1, -0.05) is 24.3 Å². The number of cyclic esters (lactones) is 1. The van der Waals surface area contributed by atoms with E-state index in [0.29, 0.717) is 23.3 Å². The summed E-state index contributed by atoms with van der Waals surface area (Å²) in [6, 6.07) is 3.68. The van der Waals surface area contributed by atoms with Crippen molar-refractivity contribution in [2.45, 2.75) is 71.6 Å². The Labute approximate surface area is 189 Å². The third-order valence-corrected chi connectivity index (χ3v) is 5.53. The molecule has 0 unspecified atom stereocenters. The fourth-order valence-corrected chi connectivity index (χ4v) is 3.83. The van der Waals surface area contributed by atoms with Crippen LogP contribution in [0.2, 0.25) is 0 Å². The quantitative estimate of drug-likeness (QED) is 0.389. The first-order chi connectivity index (χ1) is 15.1. The summed E-state index contributed by atoms with van der Waals surface area (Å²) in [6.07, 6.45) is 4.55. The maximum atomic E-state index is 13.1. The minimum absolute atomic E-state index is 0.00744. The van der Waals surface area contributed by atoms with E-state index in [0.717, 1.165) is 11.1 Å². The van der Waals surface area contributed by atoms with E-state index in [4.69, 9.17) is 23.7 Å². The molecule has 0 spiro atoms. The Balaban J connectivity index is 2.05. The predicted molar refractivity (Wildman–Crippen MR) is 119 cm³/mol. The van der Waals surface area contributed by atoms with Crippen LogP contribution in [0, 0.1) is 6.92 Å². The molecule has 1 aromatic rings. The smallest absolute Gasteiger partial charge is 0.343 e. The molecule has 0 bridgehead atoms. The van der Waals surface area contributed by atoms with Crippen LogP contribution in [-0.4, -0.2) is 49.8 Å². The van der Waals surface area contributed by atoms with E-state index >= 15 is 0 Å². The van der Waals surface area contributed by atoms with Crippen molar-refractivity contribution in [3.05, 3.63) is 46.5 Å². The summed E-state index contributed by atoms with van der Waals surface area (Å²) in [4.78, 5) is 26.0. The van der Waals surface area contributed by atoms with Crippen LogP contribution in [0.5, 0.6) is 5.75 Å². The van der Waals surface area contributed by atoms with Crippen LogP contribution < -0.4 is 4.74 Å². The average Bonchev–Trinajstić information content (AvgIpc) is 3.03. The number of aryl methyl sites for hydroxylation is 1. The van der Waals surface area contributed by atoms with Gasteiger partial charge in [0.2, 0.25) is 0 Å². The molecule has 0 amide bonds. The number of carbonyl (C=O) groups excluding carboxylic acids is 2. The van der Waals surface area contributed by atoms with Crippen molar-refractivity contribution in [3.63, 3.8) is 0 Å². The van der Waals surface area contributed by atoms with Crippen LogP contribution in [0.15, 0.2) is 29.9 Å². The molecule has 1 aromatic carbocycles. The van der Waals surface area contributed by atoms with E-state index in [2.05, 4.69) is 0 Å². The number of carbonyl (C=O) groups is 2. The van der Waals surface area contributed by atoms with Crippen LogP contribution >= 0.6 is 0 Å². The molecule has 7 heteroatoms. The number of hydrogen-bond donors (Lipinski definition) is 0. The molecule has 1 saturated heterocycles. The zero-order chi connectivity index (χ0) is 23.5. The first-order valence-corrected chi connectivity index (χ1v) is 10.8. The summed E-state index contributed by atoms with van der Waals surface area (Å²) in [7, 11) is 1.52. The highest BCUT2D eigenvalue weighted by Crippen LogP contribution is 2.33. The molecule has 174 valence electrons. The fourth-order valence-electron chi connectivity index (χ4n) is 3.83. The monoisotopic (exact) mass is 444 g/mol. The molecule has 0 saturated carbocycles. The SMILES string of the molecule is COCOc1cc(C)cc2c1C(=O)O[C@@H](C)C(C)=CCC(=O)[C@H]1OC(C)(C)O[C@H]1CC=C2. The molecule has 3 atom stereocenters. The number of Topliss-reactive ketones (excluding diaryl/α,β-unsaturated/α-hetero) is 1. The van der Waals surface area contributed by atoms with E-state index in [-0.39, 0.29) is 19.0 Å². The first kappa shape index (κ1) is 24.2. The second kappa shape index (κ2) is 9.98. The van der Waals surface area contributed by atoms with Crippen LogP contribution in [0.1, 0.15) is 62.0 Å². The zero-order valence-electron chi connectivity index (χ0n) is 19.6. The van der Waals surface area contributed by atoms with Gasteiger partial charge in [0.25, 0.3) is 0 Å². The Morgan fingerprint density at radius 3 is 2.62 bits per heavy atom. The molecule has 32 heavy (non-hydrogen) atoms. The Kier molecular flexibility index (Phi) is 7.54. The molecule has 2 aliphatic rings. The van der Waals surface area contributed by atoms with Crippen molar-refractivity contribution in [1.29, 1.82) is 0 Å². The number of rotatable bonds is 3. The third kappa shape index (κ3) is 5.65. The van der Waals surface area contributed by atoms with Crippen molar-refractivity contribution in [1.82, 2.24) is 0 Å². The number of allylic oxidation sites excluding steroid dienone is 1. The summed E-state index contributed by atoms with van der Waals surface area (Å²) in [5.74, 6) is -1.01. The third-order valence-electron chi connectivity index (χ3n) is 5.53. The Morgan fingerprint density at radius 1 is 1.16 bits per heavy atom. The molecular formula is C25H32O7. The molecule has 1 fully saturated rings. The summed E-state index contributed by atoms with van der Waals surface area (Å²) >= 11 is 0. The van der Waals surface area contributed by atoms with Gasteiger partial charge in [-0.2, -0.15) is 0 Å². The Hall–Kier alpha value is -2.48. The maximum absolute atomic E-state index is 13.1. The van der Waals surface area contributed by atoms with Crippen molar-refractivity contribution in [3.8, 4) is 5.75 Å². The van der Waals surface area contributed by atoms with E-state index in [1.807, 2.05) is 32.1 Å². The standard InChI is InChI=1S/C25H32O7/c1-15-12-18-8-7-9-20-23(32-25(4,5)31-20)19(26)11-10-16(2)17(3)30-24(27)22(18)21(13-15)29-14-28-6/h7-8,10,12-13,17,20,23H,9,11,14H2,1-6H3/t17-,20-,23+/m0/s1. The van der Waals surface area contributed by atoms with Gasteiger partial charge < -0.3 is 23.7 Å². The van der Waals surface area contributed by atoms with Crippen LogP contribution in [0.25, 0.3) is 6.08 Å². The predicted octanol–water partition coefficient (Wildman–Crippen LogP) is 4.37. The van der Waals surface area contributed by atoms with E-state index in [1.54, 1.807) is 32.9 Å². The topological polar surface area (TPSA) is 80.3 Å². The van der Waals surface area contributed by atoms with Gasteiger partial charge in [0.1, 0.15) is 23.5 Å². The lowest BCUT2D eigenvalue weighted by molar-refractivity contribution is -0.154.